The van der Waals surface area contributed by atoms with Gasteiger partial charge < -0.3 is 5.32 Å². The van der Waals surface area contributed by atoms with Crippen molar-refractivity contribution in [1.82, 2.24) is 20.1 Å². The molecule has 152 valence electrons. The Morgan fingerprint density at radius 1 is 1.03 bits per heavy atom. The lowest BCUT2D eigenvalue weighted by atomic mass is 10.0. The van der Waals surface area contributed by atoms with Gasteiger partial charge >= 0.3 is 0 Å². The number of thiophene rings is 1. The van der Waals surface area contributed by atoms with Gasteiger partial charge in [0, 0.05) is 22.1 Å². The smallest absolute Gasteiger partial charge is 0.246 e. The van der Waals surface area contributed by atoms with Crippen LogP contribution in [0, 0.1) is 6.92 Å². The van der Waals surface area contributed by atoms with Crippen LogP contribution in [0.5, 0.6) is 0 Å². The normalized spacial score (nSPS) is 15.1. The van der Waals surface area contributed by atoms with Gasteiger partial charge in [0.1, 0.15) is 5.82 Å². The zero-order valence-corrected chi connectivity index (χ0v) is 17.6. The van der Waals surface area contributed by atoms with Crippen molar-refractivity contribution >= 4 is 29.0 Å². The summed E-state index contributed by atoms with van der Waals surface area (Å²) in [6.45, 7) is 1.90. The minimum absolute atomic E-state index is 0.243. The van der Waals surface area contributed by atoms with E-state index in [0.29, 0.717) is 5.82 Å². The van der Waals surface area contributed by atoms with Crippen LogP contribution in [0.4, 0.5) is 0 Å². The molecule has 0 bridgehead atoms. The molecule has 0 saturated carbocycles. The van der Waals surface area contributed by atoms with Crippen LogP contribution >= 0.6 is 11.3 Å². The summed E-state index contributed by atoms with van der Waals surface area (Å²) in [4.78, 5) is 18.7. The molecule has 1 amide bonds. The highest BCUT2D eigenvalue weighted by Gasteiger charge is 2.28. The van der Waals surface area contributed by atoms with Crippen LogP contribution in [0.2, 0.25) is 0 Å². The predicted molar refractivity (Wildman–Crippen MR) is 122 cm³/mol. The lowest BCUT2D eigenvalue weighted by Gasteiger charge is -2.13. The number of hydrogen-bond acceptors (Lipinski definition) is 5. The van der Waals surface area contributed by atoms with Crippen molar-refractivity contribution < 1.29 is 4.79 Å². The van der Waals surface area contributed by atoms with Crippen molar-refractivity contribution in [3.05, 3.63) is 106 Å². The average molecular weight is 426 g/mol. The molecule has 1 aliphatic rings. The Morgan fingerprint density at radius 2 is 1.84 bits per heavy atom. The van der Waals surface area contributed by atoms with Crippen LogP contribution in [0.3, 0.4) is 0 Å². The molecule has 0 aliphatic carbocycles. The summed E-state index contributed by atoms with van der Waals surface area (Å²) in [6.07, 6.45) is 2.64. The molecule has 7 heteroatoms. The van der Waals surface area contributed by atoms with E-state index in [1.165, 1.54) is 6.08 Å². The first-order valence-corrected chi connectivity index (χ1v) is 10.8. The summed E-state index contributed by atoms with van der Waals surface area (Å²) in [5, 5.41) is 13.6. The maximum atomic E-state index is 12.7. The Balaban J connectivity index is 1.60. The standard InChI is InChI=1S/C24H19N5OS/c1-16-27-28-24-23(25-21(30)14-13-18-10-7-15-31-18)26-22(17-8-3-2-4-9-17)19-11-5-6-12-20(19)29(16)24/h2-15,23H,1H3,(H,25,30)/b14-13+. The molecule has 2 aromatic carbocycles. The van der Waals surface area contributed by atoms with E-state index in [2.05, 4.69) is 15.5 Å². The maximum absolute atomic E-state index is 12.7. The Labute approximate surface area is 183 Å². The number of nitrogens with zero attached hydrogens (tertiary/aromatic N) is 4. The molecule has 1 unspecified atom stereocenters. The number of nitrogens with one attached hydrogen (secondary N) is 1. The van der Waals surface area contributed by atoms with E-state index in [4.69, 9.17) is 4.99 Å². The number of amides is 1. The van der Waals surface area contributed by atoms with E-state index in [0.717, 1.165) is 33.2 Å². The fourth-order valence-corrected chi connectivity index (χ4v) is 4.25. The molecule has 3 heterocycles. The van der Waals surface area contributed by atoms with E-state index in [1.54, 1.807) is 17.4 Å². The summed E-state index contributed by atoms with van der Waals surface area (Å²) in [6, 6.07) is 21.9. The molecule has 0 fully saturated rings. The summed E-state index contributed by atoms with van der Waals surface area (Å²) in [5.41, 5.74) is 3.67. The Bertz CT molecular complexity index is 1290. The van der Waals surface area contributed by atoms with Gasteiger partial charge in [0.2, 0.25) is 5.91 Å². The van der Waals surface area contributed by atoms with Gasteiger partial charge in [-0.1, -0.05) is 54.6 Å². The Hall–Kier alpha value is -3.84. The zero-order chi connectivity index (χ0) is 21.2. The first-order chi connectivity index (χ1) is 15.2. The number of hydrogen-bond donors (Lipinski definition) is 1. The number of fused-ring (bicyclic) bond motifs is 3. The molecular weight excluding hydrogens is 406 g/mol. The molecule has 0 spiro atoms. The SMILES string of the molecule is Cc1nnc2n1-c1ccccc1C(c1ccccc1)=NC2NC(=O)/C=C/c1cccs1. The monoisotopic (exact) mass is 425 g/mol. The van der Waals surface area contributed by atoms with E-state index < -0.39 is 6.17 Å². The molecular formula is C24H19N5OS. The van der Waals surface area contributed by atoms with Crippen LogP contribution in [0.1, 0.15) is 33.8 Å². The molecule has 1 atom stereocenters. The van der Waals surface area contributed by atoms with Gasteiger partial charge in [-0.05, 0) is 30.5 Å². The molecule has 0 radical (unpaired) electrons. The Morgan fingerprint density at radius 3 is 2.65 bits per heavy atom. The molecule has 2 aromatic heterocycles. The molecule has 1 aliphatic heterocycles. The van der Waals surface area contributed by atoms with Gasteiger partial charge in [0.15, 0.2) is 12.0 Å². The number of rotatable bonds is 4. The summed E-state index contributed by atoms with van der Waals surface area (Å²) >= 11 is 1.57. The van der Waals surface area contributed by atoms with Crippen LogP contribution in [0.15, 0.2) is 83.2 Å². The minimum Gasteiger partial charge on any atom is -0.324 e. The van der Waals surface area contributed by atoms with Crippen LogP contribution in [-0.2, 0) is 4.79 Å². The van der Waals surface area contributed by atoms with Gasteiger partial charge in [-0.25, -0.2) is 0 Å². The van der Waals surface area contributed by atoms with Gasteiger partial charge in [0.25, 0.3) is 0 Å². The first kappa shape index (κ1) is 19.1. The summed E-state index contributed by atoms with van der Waals surface area (Å²) < 4.78 is 1.96. The molecule has 6 nitrogen and oxygen atoms in total. The number of para-hydroxylation sites is 1. The highest BCUT2D eigenvalue weighted by Crippen LogP contribution is 2.29. The van der Waals surface area contributed by atoms with Crippen molar-refractivity contribution in [2.45, 2.75) is 13.1 Å². The topological polar surface area (TPSA) is 72.2 Å². The second-order valence-electron chi connectivity index (χ2n) is 7.06. The van der Waals surface area contributed by atoms with Crippen molar-refractivity contribution in [1.29, 1.82) is 0 Å². The van der Waals surface area contributed by atoms with E-state index in [-0.39, 0.29) is 5.91 Å². The third-order valence-electron chi connectivity index (χ3n) is 5.02. The number of carbonyl (C=O) groups is 1. The number of benzene rings is 2. The fourth-order valence-electron chi connectivity index (χ4n) is 3.63. The molecule has 31 heavy (non-hydrogen) atoms. The summed E-state index contributed by atoms with van der Waals surface area (Å²) in [5.74, 6) is 1.07. The van der Waals surface area contributed by atoms with Gasteiger partial charge in [0.05, 0.1) is 11.4 Å². The number of aromatic nitrogens is 3. The molecule has 4 aromatic rings. The van der Waals surface area contributed by atoms with Crippen molar-refractivity contribution in [2.24, 2.45) is 4.99 Å². The highest BCUT2D eigenvalue weighted by atomic mass is 32.1. The van der Waals surface area contributed by atoms with Gasteiger partial charge in [-0.3, -0.25) is 14.4 Å². The van der Waals surface area contributed by atoms with E-state index in [1.807, 2.05) is 83.6 Å². The number of aliphatic imine (C=N–C) groups is 1. The second kappa shape index (κ2) is 8.12. The minimum atomic E-state index is -0.677. The Kier molecular flexibility index (Phi) is 5.01. The first-order valence-electron chi connectivity index (χ1n) is 9.88. The van der Waals surface area contributed by atoms with Gasteiger partial charge in [-0.15, -0.1) is 21.5 Å². The lowest BCUT2D eigenvalue weighted by Crippen LogP contribution is -2.28. The third kappa shape index (κ3) is 3.71. The molecule has 1 N–H and O–H groups in total. The number of aryl methyl sites for hydroxylation is 1. The molecule has 0 saturated heterocycles. The third-order valence-corrected chi connectivity index (χ3v) is 5.86. The van der Waals surface area contributed by atoms with Gasteiger partial charge in [-0.2, -0.15) is 0 Å². The van der Waals surface area contributed by atoms with E-state index >= 15 is 0 Å². The second-order valence-corrected chi connectivity index (χ2v) is 8.04. The van der Waals surface area contributed by atoms with Crippen LogP contribution < -0.4 is 5.32 Å². The maximum Gasteiger partial charge on any atom is 0.246 e. The van der Waals surface area contributed by atoms with Crippen molar-refractivity contribution in [3.63, 3.8) is 0 Å². The largest absolute Gasteiger partial charge is 0.324 e. The number of carbonyl (C=O) groups excluding carboxylic acids is 1. The van der Waals surface area contributed by atoms with Crippen LogP contribution in [-0.4, -0.2) is 26.4 Å². The van der Waals surface area contributed by atoms with E-state index in [9.17, 15) is 4.79 Å². The fraction of sp³-hybridized carbons (Fsp3) is 0.0833. The highest BCUT2D eigenvalue weighted by molar-refractivity contribution is 7.10. The van der Waals surface area contributed by atoms with Crippen LogP contribution in [0.25, 0.3) is 11.8 Å². The quantitative estimate of drug-likeness (QED) is 0.495. The van der Waals surface area contributed by atoms with Crippen molar-refractivity contribution in [3.8, 4) is 5.69 Å². The summed E-state index contributed by atoms with van der Waals surface area (Å²) in [7, 11) is 0. The molecule has 5 rings (SSSR count). The van der Waals surface area contributed by atoms with Crippen molar-refractivity contribution in [2.75, 3.05) is 0 Å². The zero-order valence-electron chi connectivity index (χ0n) is 16.8. The average Bonchev–Trinajstić information content (AvgIpc) is 3.43. The predicted octanol–water partition coefficient (Wildman–Crippen LogP) is 4.32. The lowest BCUT2D eigenvalue weighted by molar-refractivity contribution is -0.117.